The van der Waals surface area contributed by atoms with E-state index in [9.17, 15) is 5.48 Å². The number of rotatable bonds is 10. The molecule has 1 aromatic heterocycles. The fourth-order valence-corrected chi connectivity index (χ4v) is 16.0. The van der Waals surface area contributed by atoms with Gasteiger partial charge in [-0.1, -0.05) is 309 Å². The summed E-state index contributed by atoms with van der Waals surface area (Å²) < 4.78 is 92.9. The zero-order chi connectivity index (χ0) is 71.3. The van der Waals surface area contributed by atoms with Gasteiger partial charge in [-0.3, -0.25) is 0 Å². The largest absolute Gasteiger partial charge is 0.311 e. The van der Waals surface area contributed by atoms with E-state index in [1.54, 1.807) is 0 Å². The average Bonchev–Trinajstić information content (AvgIpc) is 1.67. The maximum absolute atomic E-state index is 9.56. The van der Waals surface area contributed by atoms with Gasteiger partial charge in [0.05, 0.1) is 35.8 Å². The van der Waals surface area contributed by atoms with Crippen LogP contribution in [0.5, 0.6) is 0 Å². The molecular formula is C91H60BN3. The molecule has 3 aliphatic rings. The number of anilines is 6. The normalized spacial score (nSPS) is 14.5. The van der Waals surface area contributed by atoms with Crippen molar-refractivity contribution in [2.45, 2.75) is 5.41 Å². The fraction of sp³-hybridized carbons (Fsp3) is 0.0110. The maximum Gasteiger partial charge on any atom is 0.252 e. The molecule has 442 valence electrons. The number of benzene rings is 15. The van der Waals surface area contributed by atoms with Gasteiger partial charge in [-0.2, -0.15) is 0 Å². The zero-order valence-electron chi connectivity index (χ0n) is 61.3. The molecule has 4 heteroatoms. The molecule has 0 radical (unpaired) electrons. The van der Waals surface area contributed by atoms with Crippen molar-refractivity contribution in [2.75, 3.05) is 9.80 Å². The molecule has 0 unspecified atom stereocenters. The predicted octanol–water partition coefficient (Wildman–Crippen LogP) is 21.6. The Morgan fingerprint density at radius 2 is 0.789 bits per heavy atom. The lowest BCUT2D eigenvalue weighted by molar-refractivity contribution is 0.770. The minimum absolute atomic E-state index is 0.0872. The summed E-state index contributed by atoms with van der Waals surface area (Å²) in [6, 6.07) is 103. The minimum atomic E-state index is -0.837. The van der Waals surface area contributed by atoms with Crippen LogP contribution in [0.1, 0.15) is 36.0 Å². The molecule has 0 saturated carbocycles. The Labute approximate surface area is 568 Å². The summed E-state index contributed by atoms with van der Waals surface area (Å²) in [5.41, 5.74) is 23.2. The van der Waals surface area contributed by atoms with Crippen LogP contribution in [0.15, 0.2) is 364 Å². The Kier molecular flexibility index (Phi) is 10.4. The highest BCUT2D eigenvalue weighted by Crippen LogP contribution is 2.60. The summed E-state index contributed by atoms with van der Waals surface area (Å²) in [7, 11) is 0. The zero-order valence-corrected chi connectivity index (χ0v) is 51.3. The number of aromatic nitrogens is 1. The molecule has 95 heavy (non-hydrogen) atoms. The third-order valence-corrected chi connectivity index (χ3v) is 19.8. The lowest BCUT2D eigenvalue weighted by atomic mass is 9.33. The molecule has 0 bridgehead atoms. The van der Waals surface area contributed by atoms with Crippen molar-refractivity contribution < 1.29 is 13.7 Å². The van der Waals surface area contributed by atoms with Crippen LogP contribution in [-0.2, 0) is 5.41 Å². The van der Waals surface area contributed by atoms with E-state index in [0.29, 0.717) is 11.1 Å². The monoisotopic (exact) mass is 1220 g/mol. The van der Waals surface area contributed by atoms with Gasteiger partial charge in [-0.05, 0) is 149 Å². The summed E-state index contributed by atoms with van der Waals surface area (Å²) >= 11 is 0. The van der Waals surface area contributed by atoms with E-state index in [1.807, 2.05) is 42.5 Å². The topological polar surface area (TPSA) is 11.4 Å². The van der Waals surface area contributed by atoms with Gasteiger partial charge in [0.2, 0.25) is 0 Å². The molecule has 0 fully saturated rings. The molecule has 0 N–H and O–H groups in total. The molecule has 1 aliphatic carbocycles. The Hall–Kier alpha value is -12.2. The third-order valence-electron chi connectivity index (χ3n) is 19.8. The first kappa shape index (κ1) is 45.1. The molecule has 15 aromatic carbocycles. The lowest BCUT2D eigenvalue weighted by Gasteiger charge is -2.45. The summed E-state index contributed by atoms with van der Waals surface area (Å²) in [5.74, 6) is 0. The highest BCUT2D eigenvalue weighted by atomic mass is 15.2. The highest BCUT2D eigenvalue weighted by molar-refractivity contribution is 7.00. The Balaban J connectivity index is 0.990. The van der Waals surface area contributed by atoms with Crippen molar-refractivity contribution in [1.82, 2.24) is 4.57 Å². The quantitative estimate of drug-likeness (QED) is 0.126. The van der Waals surface area contributed by atoms with Gasteiger partial charge in [0.15, 0.2) is 0 Å². The number of nitrogens with zero attached hydrogens (tertiary/aromatic N) is 3. The lowest BCUT2D eigenvalue weighted by Crippen LogP contribution is -2.61. The fourth-order valence-electron chi connectivity index (χ4n) is 16.0. The predicted molar refractivity (Wildman–Crippen MR) is 399 cm³/mol. The van der Waals surface area contributed by atoms with Gasteiger partial charge in [0.1, 0.15) is 0 Å². The number of para-hydroxylation sites is 3. The van der Waals surface area contributed by atoms with Crippen molar-refractivity contribution in [3.05, 3.63) is 386 Å². The van der Waals surface area contributed by atoms with Crippen molar-refractivity contribution in [2.24, 2.45) is 0 Å². The number of hydrogen-bond donors (Lipinski definition) is 0. The number of hydrogen-bond acceptors (Lipinski definition) is 2. The molecule has 0 amide bonds. The molecule has 16 aromatic rings. The summed E-state index contributed by atoms with van der Waals surface area (Å²) in [6.07, 6.45) is 0. The van der Waals surface area contributed by atoms with E-state index < -0.39 is 48.4 Å². The summed E-state index contributed by atoms with van der Waals surface area (Å²) in [6.45, 7) is -0.605. The van der Waals surface area contributed by atoms with E-state index in [0.717, 1.165) is 145 Å². The maximum atomic E-state index is 9.56. The van der Waals surface area contributed by atoms with Gasteiger partial charge in [-0.15, -0.1) is 0 Å². The second kappa shape index (κ2) is 22.0. The second-order valence-corrected chi connectivity index (χ2v) is 24.7. The number of fused-ring (bicyclic) bond motifs is 10. The van der Waals surface area contributed by atoms with Gasteiger partial charge in [0.25, 0.3) is 6.71 Å². The second-order valence-electron chi connectivity index (χ2n) is 24.7. The molecule has 2 aliphatic heterocycles. The molecule has 0 saturated heterocycles. The molecule has 19 rings (SSSR count). The van der Waals surface area contributed by atoms with Crippen LogP contribution in [0, 0.1) is 0 Å². The smallest absolute Gasteiger partial charge is 0.252 e. The van der Waals surface area contributed by atoms with Crippen LogP contribution in [0.2, 0.25) is 0 Å². The Bertz CT molecular complexity index is 6100. The van der Waals surface area contributed by atoms with E-state index in [4.69, 9.17) is 8.22 Å². The van der Waals surface area contributed by atoms with Crippen LogP contribution >= 0.6 is 0 Å². The van der Waals surface area contributed by atoms with Crippen molar-refractivity contribution in [3.63, 3.8) is 0 Å². The summed E-state index contributed by atoms with van der Waals surface area (Å²) in [5, 5.41) is 2.19. The first-order chi connectivity index (χ1) is 51.3. The Morgan fingerprint density at radius 3 is 1.41 bits per heavy atom. The molecule has 3 nitrogen and oxygen atoms in total. The van der Waals surface area contributed by atoms with Crippen molar-refractivity contribution in [1.29, 1.82) is 0 Å². The molecule has 3 heterocycles. The van der Waals surface area contributed by atoms with Crippen LogP contribution in [-0.4, -0.2) is 11.3 Å². The molecule has 0 spiro atoms. The van der Waals surface area contributed by atoms with Gasteiger partial charge < -0.3 is 14.4 Å². The standard InChI is InChI=1S/C91H60BN3/c1-7-27-61(28-8-1)63-49-52-70(53-50-63)93-85-60-71(94-82-47-23-20-40-76(82)77-41-21-24-48-83(77)94)54-55-80(85)92-81-57-66(62-29-9-2-10-30-62)51-56-84(81)95(90-73(64-31-11-3-12-32-64)43-26-44-74(90)65-33-13-4-14-34-65)87-59-67(58-86(93)89(87)92)72-42-25-45-78-75-39-19-22-46-79(75)91(88(72)78,68-35-15-5-16-36-68)69-37-17-6-18-38-69/h1-60H/i1D,2D,7D,8D,9D,10D,27D,28D,29D,30D. The van der Waals surface area contributed by atoms with Crippen molar-refractivity contribution >= 4 is 79.0 Å². The van der Waals surface area contributed by atoms with Crippen LogP contribution in [0.3, 0.4) is 0 Å². The van der Waals surface area contributed by atoms with E-state index in [1.165, 1.54) is 0 Å². The average molecular weight is 1220 g/mol. The molecular weight excluding hydrogens is 1150 g/mol. The molecule has 0 atom stereocenters. The van der Waals surface area contributed by atoms with Crippen LogP contribution in [0.4, 0.5) is 34.1 Å². The minimum Gasteiger partial charge on any atom is -0.311 e. The first-order valence-electron chi connectivity index (χ1n) is 37.2. The van der Waals surface area contributed by atoms with E-state index in [-0.39, 0.29) is 35.3 Å². The SMILES string of the molecule is [2H]c1c([2H])c([2H])c(-c2ccc(N3c4cc(-n5c6ccccc6c6ccccc65)ccc4B4c5cc(-c6c([2H])c([2H])c([2H])c([2H])c6[2H])ccc5N(c5c(-c6ccccc6)cccc5-c5ccccc5)c5cc(-c6cccc7c6C(c6ccccc6)(c6ccccc6)c6ccccc6-7)cc3c54)cc2)c([2H])c1[2H]. The van der Waals surface area contributed by atoms with Crippen molar-refractivity contribution in [3.8, 4) is 72.4 Å². The highest BCUT2D eigenvalue weighted by Gasteiger charge is 2.49. The van der Waals surface area contributed by atoms with Crippen LogP contribution < -0.4 is 26.2 Å². The third kappa shape index (κ3) is 8.41. The Morgan fingerprint density at radius 1 is 0.295 bits per heavy atom. The van der Waals surface area contributed by atoms with Gasteiger partial charge in [-0.25, -0.2) is 0 Å². The summed E-state index contributed by atoms with van der Waals surface area (Å²) in [4.78, 5) is 4.75. The van der Waals surface area contributed by atoms with E-state index in [2.05, 4.69) is 275 Å². The van der Waals surface area contributed by atoms with Gasteiger partial charge >= 0.3 is 0 Å². The van der Waals surface area contributed by atoms with E-state index >= 15 is 0 Å². The van der Waals surface area contributed by atoms with Crippen LogP contribution in [0.25, 0.3) is 94.3 Å². The first-order valence-corrected chi connectivity index (χ1v) is 32.2. The van der Waals surface area contributed by atoms with Gasteiger partial charge in [0, 0.05) is 56.0 Å².